The molecule has 0 aliphatic heterocycles. The van der Waals surface area contributed by atoms with Crippen LogP contribution in [0.3, 0.4) is 0 Å². The second kappa shape index (κ2) is 4.99. The van der Waals surface area contributed by atoms with E-state index in [1.807, 2.05) is 19.9 Å². The van der Waals surface area contributed by atoms with Crippen LogP contribution in [0.4, 0.5) is 0 Å². The van der Waals surface area contributed by atoms with Gasteiger partial charge in [-0.05, 0) is 25.5 Å². The van der Waals surface area contributed by atoms with E-state index in [0.29, 0.717) is 11.3 Å². The lowest BCUT2D eigenvalue weighted by Gasteiger charge is -2.05. The number of hydrogen-bond acceptors (Lipinski definition) is 4. The van der Waals surface area contributed by atoms with Gasteiger partial charge in [0.2, 0.25) is 0 Å². The van der Waals surface area contributed by atoms with Crippen LogP contribution >= 0.6 is 11.8 Å². The van der Waals surface area contributed by atoms with Crippen molar-refractivity contribution in [1.29, 1.82) is 5.26 Å². The van der Waals surface area contributed by atoms with E-state index in [1.54, 1.807) is 0 Å². The smallest absolute Gasteiger partial charge is 0.114 e. The zero-order valence-corrected chi connectivity index (χ0v) is 9.06. The van der Waals surface area contributed by atoms with E-state index in [9.17, 15) is 0 Å². The number of aryl methyl sites for hydroxylation is 2. The SMILES string of the molecule is Cc1cc(C)c(C#N)c(SCCO)n1. The quantitative estimate of drug-likeness (QED) is 0.767. The van der Waals surface area contributed by atoms with Gasteiger partial charge in [-0.2, -0.15) is 5.26 Å². The third-order valence-corrected chi connectivity index (χ3v) is 2.71. The maximum atomic E-state index is 8.92. The topological polar surface area (TPSA) is 56.9 Å². The van der Waals surface area contributed by atoms with Gasteiger partial charge in [0.15, 0.2) is 0 Å². The van der Waals surface area contributed by atoms with E-state index < -0.39 is 0 Å². The van der Waals surface area contributed by atoms with Crippen molar-refractivity contribution in [2.24, 2.45) is 0 Å². The molecule has 0 aliphatic carbocycles. The summed E-state index contributed by atoms with van der Waals surface area (Å²) in [6, 6.07) is 4.03. The largest absolute Gasteiger partial charge is 0.396 e. The first-order chi connectivity index (χ1) is 6.69. The number of nitrogens with zero attached hydrogens (tertiary/aromatic N) is 2. The molecule has 1 N–H and O–H groups in total. The summed E-state index contributed by atoms with van der Waals surface area (Å²) in [5.74, 6) is 0.574. The van der Waals surface area contributed by atoms with Gasteiger partial charge < -0.3 is 5.11 Å². The molecule has 0 atom stereocenters. The molecule has 0 saturated heterocycles. The van der Waals surface area contributed by atoms with Crippen LogP contribution in [0.15, 0.2) is 11.1 Å². The zero-order chi connectivity index (χ0) is 10.6. The molecular weight excluding hydrogens is 196 g/mol. The van der Waals surface area contributed by atoms with Crippen molar-refractivity contribution >= 4 is 11.8 Å². The highest BCUT2D eigenvalue weighted by atomic mass is 32.2. The average Bonchev–Trinajstić information content (AvgIpc) is 2.14. The number of nitriles is 1. The molecule has 74 valence electrons. The van der Waals surface area contributed by atoms with Crippen LogP contribution in [0.5, 0.6) is 0 Å². The molecule has 1 aromatic heterocycles. The van der Waals surface area contributed by atoms with Gasteiger partial charge in [0.1, 0.15) is 11.1 Å². The number of aliphatic hydroxyl groups excluding tert-OH is 1. The number of aliphatic hydroxyl groups is 1. The molecule has 0 aliphatic rings. The van der Waals surface area contributed by atoms with Crippen LogP contribution < -0.4 is 0 Å². The van der Waals surface area contributed by atoms with E-state index in [2.05, 4.69) is 11.1 Å². The number of thioether (sulfide) groups is 1. The van der Waals surface area contributed by atoms with E-state index in [0.717, 1.165) is 16.3 Å². The maximum absolute atomic E-state index is 8.92. The van der Waals surface area contributed by atoms with Gasteiger partial charge in [0.05, 0.1) is 12.2 Å². The molecule has 0 unspecified atom stereocenters. The van der Waals surface area contributed by atoms with Gasteiger partial charge in [-0.3, -0.25) is 0 Å². The first-order valence-electron chi connectivity index (χ1n) is 4.31. The number of aromatic nitrogens is 1. The molecular formula is C10H12N2OS. The Balaban J connectivity index is 3.07. The summed E-state index contributed by atoms with van der Waals surface area (Å²) in [7, 11) is 0. The third-order valence-electron chi connectivity index (χ3n) is 1.75. The van der Waals surface area contributed by atoms with Crippen LogP contribution in [0, 0.1) is 25.2 Å². The second-order valence-corrected chi connectivity index (χ2v) is 4.03. The minimum atomic E-state index is 0.101. The van der Waals surface area contributed by atoms with Crippen LogP contribution in [0.2, 0.25) is 0 Å². The lowest BCUT2D eigenvalue weighted by atomic mass is 10.1. The second-order valence-electron chi connectivity index (χ2n) is 2.94. The monoisotopic (exact) mass is 208 g/mol. The Hall–Kier alpha value is -1.05. The zero-order valence-electron chi connectivity index (χ0n) is 8.24. The third kappa shape index (κ3) is 2.47. The minimum absolute atomic E-state index is 0.101. The summed E-state index contributed by atoms with van der Waals surface area (Å²) >= 11 is 1.42. The van der Waals surface area contributed by atoms with Gasteiger partial charge in [-0.15, -0.1) is 11.8 Å². The Morgan fingerprint density at radius 2 is 2.29 bits per heavy atom. The summed E-state index contributed by atoms with van der Waals surface area (Å²) in [5.41, 5.74) is 2.47. The van der Waals surface area contributed by atoms with E-state index >= 15 is 0 Å². The highest BCUT2D eigenvalue weighted by Crippen LogP contribution is 2.22. The van der Waals surface area contributed by atoms with Crippen LogP contribution in [-0.4, -0.2) is 22.5 Å². The summed E-state index contributed by atoms with van der Waals surface area (Å²) in [6.07, 6.45) is 0. The molecule has 0 amide bonds. The minimum Gasteiger partial charge on any atom is -0.396 e. The summed E-state index contributed by atoms with van der Waals surface area (Å²) in [4.78, 5) is 4.27. The Morgan fingerprint density at radius 1 is 1.57 bits per heavy atom. The Morgan fingerprint density at radius 3 is 2.86 bits per heavy atom. The van der Waals surface area contributed by atoms with Crippen molar-refractivity contribution in [3.63, 3.8) is 0 Å². The van der Waals surface area contributed by atoms with Crippen LogP contribution in [0.1, 0.15) is 16.8 Å². The molecule has 0 bridgehead atoms. The van der Waals surface area contributed by atoms with Crippen LogP contribution in [0.25, 0.3) is 0 Å². The maximum Gasteiger partial charge on any atom is 0.114 e. The van der Waals surface area contributed by atoms with Crippen molar-refractivity contribution < 1.29 is 5.11 Å². The van der Waals surface area contributed by atoms with Crippen molar-refractivity contribution in [2.75, 3.05) is 12.4 Å². The van der Waals surface area contributed by atoms with Gasteiger partial charge in [0, 0.05) is 11.4 Å². The Kier molecular flexibility index (Phi) is 3.93. The Labute approximate surface area is 87.8 Å². The first kappa shape index (κ1) is 11.0. The van der Waals surface area contributed by atoms with Crippen molar-refractivity contribution in [1.82, 2.24) is 4.98 Å². The van der Waals surface area contributed by atoms with E-state index in [-0.39, 0.29) is 6.61 Å². The lowest BCUT2D eigenvalue weighted by Crippen LogP contribution is -1.96. The molecule has 0 radical (unpaired) electrons. The fraction of sp³-hybridized carbons (Fsp3) is 0.400. The predicted molar refractivity (Wildman–Crippen MR) is 56.2 cm³/mol. The summed E-state index contributed by atoms with van der Waals surface area (Å²) in [5, 5.41) is 18.3. The van der Waals surface area contributed by atoms with Gasteiger partial charge in [0.25, 0.3) is 0 Å². The van der Waals surface area contributed by atoms with Gasteiger partial charge in [-0.25, -0.2) is 4.98 Å². The van der Waals surface area contributed by atoms with Crippen molar-refractivity contribution in [3.8, 4) is 6.07 Å². The van der Waals surface area contributed by atoms with Gasteiger partial charge in [-0.1, -0.05) is 0 Å². The normalized spacial score (nSPS) is 9.86. The highest BCUT2D eigenvalue weighted by molar-refractivity contribution is 7.99. The molecule has 0 spiro atoms. The number of hydrogen-bond donors (Lipinski definition) is 1. The lowest BCUT2D eigenvalue weighted by molar-refractivity contribution is 0.322. The first-order valence-corrected chi connectivity index (χ1v) is 5.29. The molecule has 3 nitrogen and oxygen atoms in total. The standard InChI is InChI=1S/C10H12N2OS/c1-7-5-8(2)12-10(9(7)6-11)14-4-3-13/h5,13H,3-4H2,1-2H3. The molecule has 0 saturated carbocycles. The highest BCUT2D eigenvalue weighted by Gasteiger charge is 2.08. The van der Waals surface area contributed by atoms with Crippen molar-refractivity contribution in [3.05, 3.63) is 22.9 Å². The van der Waals surface area contributed by atoms with Gasteiger partial charge >= 0.3 is 0 Å². The molecule has 4 heteroatoms. The fourth-order valence-electron chi connectivity index (χ4n) is 1.19. The van der Waals surface area contributed by atoms with Crippen molar-refractivity contribution in [2.45, 2.75) is 18.9 Å². The van der Waals surface area contributed by atoms with Crippen LogP contribution in [-0.2, 0) is 0 Å². The molecule has 0 aromatic carbocycles. The van der Waals surface area contributed by atoms with E-state index in [1.165, 1.54) is 11.8 Å². The Bertz CT molecular complexity index is 371. The number of rotatable bonds is 3. The predicted octanol–water partition coefficient (Wildman–Crippen LogP) is 1.65. The molecule has 0 fully saturated rings. The molecule has 1 aromatic rings. The molecule has 1 heterocycles. The average molecular weight is 208 g/mol. The number of pyridine rings is 1. The summed E-state index contributed by atoms with van der Waals surface area (Å²) < 4.78 is 0. The van der Waals surface area contributed by atoms with E-state index in [4.69, 9.17) is 10.4 Å². The molecule has 14 heavy (non-hydrogen) atoms. The fourth-order valence-corrected chi connectivity index (χ4v) is 2.03. The molecule has 1 rings (SSSR count). The summed E-state index contributed by atoms with van der Waals surface area (Å²) in [6.45, 7) is 3.90.